The second-order valence-electron chi connectivity index (χ2n) is 14.7. The number of carbonyl (C=O) groups is 1. The molecular formula is C37H53N7O3. The van der Waals surface area contributed by atoms with Crippen molar-refractivity contribution >= 4 is 17.7 Å². The molecule has 2 fully saturated rings. The summed E-state index contributed by atoms with van der Waals surface area (Å²) in [6.45, 7) is 6.48. The maximum absolute atomic E-state index is 11.6. The van der Waals surface area contributed by atoms with E-state index in [-0.39, 0.29) is 18.0 Å². The number of piperidine rings is 1. The number of carboxylic acid groups (broad SMARTS) is 1. The van der Waals surface area contributed by atoms with Crippen molar-refractivity contribution in [2.75, 3.05) is 36.9 Å². The van der Waals surface area contributed by atoms with Crippen molar-refractivity contribution in [3.8, 4) is 0 Å². The molecule has 1 saturated carbocycles. The monoisotopic (exact) mass is 643 g/mol. The Kier molecular flexibility index (Phi) is 10.2. The number of β-amino-alcohol motifs (C(OH)–C–C–N with tert-alkyl or cyclic N) is 1. The minimum atomic E-state index is -0.691. The van der Waals surface area contributed by atoms with E-state index in [9.17, 15) is 15.0 Å². The Morgan fingerprint density at radius 3 is 2.57 bits per heavy atom. The molecule has 3 aromatic rings. The number of fused-ring (bicyclic) bond motifs is 1. The van der Waals surface area contributed by atoms with Crippen LogP contribution in [0.25, 0.3) is 0 Å². The van der Waals surface area contributed by atoms with Crippen molar-refractivity contribution in [1.29, 1.82) is 0 Å². The first-order valence-corrected chi connectivity index (χ1v) is 17.7. The Morgan fingerprint density at radius 1 is 1.15 bits per heavy atom. The molecule has 3 aliphatic rings. The number of aliphatic carboxylic acids is 1. The molecule has 3 N–H and O–H groups in total. The van der Waals surface area contributed by atoms with Gasteiger partial charge in [-0.25, -0.2) is 4.98 Å². The molecular weight excluding hydrogens is 590 g/mol. The third kappa shape index (κ3) is 7.81. The fraction of sp³-hybridized carbons (Fsp3) is 0.622. The van der Waals surface area contributed by atoms with Gasteiger partial charge in [0.15, 0.2) is 0 Å². The van der Waals surface area contributed by atoms with Gasteiger partial charge in [0.2, 0.25) is 5.95 Å². The Hall–Kier alpha value is -3.50. The van der Waals surface area contributed by atoms with Crippen molar-refractivity contribution in [1.82, 2.24) is 24.6 Å². The summed E-state index contributed by atoms with van der Waals surface area (Å²) < 4.78 is 1.85. The molecule has 0 unspecified atom stereocenters. The zero-order valence-corrected chi connectivity index (χ0v) is 28.6. The second-order valence-corrected chi connectivity index (χ2v) is 14.7. The van der Waals surface area contributed by atoms with Crippen LogP contribution in [-0.4, -0.2) is 79.2 Å². The maximum Gasteiger partial charge on any atom is 0.306 e. The van der Waals surface area contributed by atoms with Gasteiger partial charge >= 0.3 is 5.97 Å². The normalized spacial score (nSPS) is 26.3. The van der Waals surface area contributed by atoms with Crippen molar-refractivity contribution in [2.24, 2.45) is 18.9 Å². The molecule has 6 rings (SSSR count). The highest BCUT2D eigenvalue weighted by molar-refractivity contribution is 5.70. The molecule has 1 aromatic carbocycles. The van der Waals surface area contributed by atoms with Gasteiger partial charge in [-0.3, -0.25) is 14.4 Å². The van der Waals surface area contributed by atoms with Crippen LogP contribution in [0.3, 0.4) is 0 Å². The number of aromatic nitrogens is 4. The van der Waals surface area contributed by atoms with E-state index in [1.807, 2.05) is 24.9 Å². The van der Waals surface area contributed by atoms with Gasteiger partial charge in [-0.1, -0.05) is 37.3 Å². The van der Waals surface area contributed by atoms with Gasteiger partial charge < -0.3 is 20.4 Å². The highest BCUT2D eigenvalue weighted by Gasteiger charge is 2.35. The van der Waals surface area contributed by atoms with E-state index >= 15 is 0 Å². The minimum absolute atomic E-state index is 0.0693. The molecule has 0 bridgehead atoms. The predicted octanol–water partition coefficient (Wildman–Crippen LogP) is 5.59. The van der Waals surface area contributed by atoms with Crippen LogP contribution in [0.15, 0.2) is 42.7 Å². The molecule has 10 heteroatoms. The average Bonchev–Trinajstić information content (AvgIpc) is 3.50. The maximum atomic E-state index is 11.6. The first-order valence-electron chi connectivity index (χ1n) is 17.7. The largest absolute Gasteiger partial charge is 0.481 e. The summed E-state index contributed by atoms with van der Waals surface area (Å²) in [7, 11) is 4.07. The van der Waals surface area contributed by atoms with Crippen LogP contribution < -0.4 is 10.2 Å². The summed E-state index contributed by atoms with van der Waals surface area (Å²) in [5.41, 5.74) is 4.07. The van der Waals surface area contributed by atoms with E-state index in [2.05, 4.69) is 70.7 Å². The van der Waals surface area contributed by atoms with Crippen LogP contribution in [0.1, 0.15) is 99.6 Å². The fourth-order valence-electron chi connectivity index (χ4n) is 8.46. The van der Waals surface area contributed by atoms with Crippen molar-refractivity contribution in [3.05, 3.63) is 65.1 Å². The number of anilines is 2. The van der Waals surface area contributed by atoms with Crippen LogP contribution in [0.2, 0.25) is 0 Å². The topological polar surface area (TPSA) is 120 Å². The molecule has 0 spiro atoms. The molecule has 2 aliphatic carbocycles. The molecule has 1 saturated heterocycles. The lowest BCUT2D eigenvalue weighted by molar-refractivity contribution is -0.143. The predicted molar refractivity (Wildman–Crippen MR) is 185 cm³/mol. The molecule has 2 aromatic heterocycles. The van der Waals surface area contributed by atoms with E-state index in [0.717, 1.165) is 100 Å². The fourth-order valence-corrected chi connectivity index (χ4v) is 8.46. The van der Waals surface area contributed by atoms with Crippen LogP contribution >= 0.6 is 0 Å². The van der Waals surface area contributed by atoms with Gasteiger partial charge in [0.1, 0.15) is 5.82 Å². The SMILES string of the molecule is CC[C@H](C1CCC(C(=O)O)CC1)N(C)c1nc2c(c(N[C@@H](CN3CCC[C@](C)(O)C3)c3cnn(C)c3)n1)C[C@H](c1ccccc1)CC2. The van der Waals surface area contributed by atoms with Crippen LogP contribution in [0.5, 0.6) is 0 Å². The minimum Gasteiger partial charge on any atom is -0.481 e. The Bertz CT molecular complexity index is 1500. The Labute approximate surface area is 279 Å². The molecule has 254 valence electrons. The van der Waals surface area contributed by atoms with E-state index in [4.69, 9.17) is 9.97 Å². The molecule has 1 aliphatic heterocycles. The summed E-state index contributed by atoms with van der Waals surface area (Å²) >= 11 is 0. The number of nitrogens with one attached hydrogen (secondary N) is 1. The quantitative estimate of drug-likeness (QED) is 0.246. The van der Waals surface area contributed by atoms with Gasteiger partial charge in [-0.15, -0.1) is 0 Å². The van der Waals surface area contributed by atoms with Crippen molar-refractivity contribution < 1.29 is 15.0 Å². The Morgan fingerprint density at radius 2 is 1.91 bits per heavy atom. The summed E-state index contributed by atoms with van der Waals surface area (Å²) in [6.07, 6.45) is 12.9. The van der Waals surface area contributed by atoms with Crippen molar-refractivity contribution in [3.63, 3.8) is 0 Å². The molecule has 3 heterocycles. The highest BCUT2D eigenvalue weighted by Crippen LogP contribution is 2.39. The number of nitrogens with zero attached hydrogens (tertiary/aromatic N) is 6. The lowest BCUT2D eigenvalue weighted by Gasteiger charge is -2.39. The highest BCUT2D eigenvalue weighted by atomic mass is 16.4. The van der Waals surface area contributed by atoms with Crippen molar-refractivity contribution in [2.45, 2.75) is 102 Å². The third-order valence-corrected chi connectivity index (χ3v) is 11.1. The van der Waals surface area contributed by atoms with E-state index in [1.54, 1.807) is 0 Å². The summed E-state index contributed by atoms with van der Waals surface area (Å²) in [5, 5.41) is 28.9. The zero-order chi connectivity index (χ0) is 33.1. The first kappa shape index (κ1) is 33.4. The molecule has 0 amide bonds. The summed E-state index contributed by atoms with van der Waals surface area (Å²) in [6, 6.07) is 11.0. The van der Waals surface area contributed by atoms with Gasteiger partial charge in [-0.05, 0) is 95.1 Å². The average molecular weight is 644 g/mol. The lowest BCUT2D eigenvalue weighted by atomic mass is 9.77. The number of aliphatic hydroxyl groups is 1. The molecule has 47 heavy (non-hydrogen) atoms. The Balaban J connectivity index is 1.33. The molecule has 0 radical (unpaired) electrons. The number of hydrogen-bond donors (Lipinski definition) is 3. The third-order valence-electron chi connectivity index (χ3n) is 11.1. The van der Waals surface area contributed by atoms with Gasteiger partial charge in [0.25, 0.3) is 0 Å². The van der Waals surface area contributed by atoms with Crippen LogP contribution in [0, 0.1) is 11.8 Å². The van der Waals surface area contributed by atoms with Gasteiger partial charge in [0.05, 0.1) is 29.5 Å². The number of benzene rings is 1. The standard InChI is InChI=1S/C37H53N7O3/c1-5-33(26-12-14-27(15-13-26)35(45)46)43(4)36-40-31-17-16-28(25-10-7-6-8-11-25)20-30(31)34(41-36)39-32(29-21-38-42(3)22-29)23-44-19-9-18-37(2,47)24-44/h6-8,10-11,21-22,26-28,32-33,47H,5,9,12-20,23-24H2,1-4H3,(H,45,46)(H,39,40,41)/t26?,27?,28-,32+,33-,37+/m1/s1. The number of aryl methyl sites for hydroxylation is 2. The van der Waals surface area contributed by atoms with E-state index in [1.165, 1.54) is 11.1 Å². The number of hydrogen-bond acceptors (Lipinski definition) is 8. The summed E-state index contributed by atoms with van der Waals surface area (Å²) in [4.78, 5) is 26.8. The molecule has 4 atom stereocenters. The summed E-state index contributed by atoms with van der Waals surface area (Å²) in [5.74, 6) is 1.55. The van der Waals surface area contributed by atoms with E-state index < -0.39 is 11.6 Å². The molecule has 10 nitrogen and oxygen atoms in total. The van der Waals surface area contributed by atoms with Gasteiger partial charge in [-0.2, -0.15) is 10.1 Å². The van der Waals surface area contributed by atoms with E-state index in [0.29, 0.717) is 18.4 Å². The first-order chi connectivity index (χ1) is 22.6. The smallest absolute Gasteiger partial charge is 0.306 e. The lowest BCUT2D eigenvalue weighted by Crippen LogP contribution is -2.48. The van der Waals surface area contributed by atoms with Gasteiger partial charge in [0, 0.05) is 50.6 Å². The van der Waals surface area contributed by atoms with Crippen LogP contribution in [0.4, 0.5) is 11.8 Å². The number of carboxylic acids is 1. The zero-order valence-electron chi connectivity index (χ0n) is 28.6. The number of likely N-dealkylation sites (tertiary alicyclic amines) is 1. The van der Waals surface area contributed by atoms with Crippen LogP contribution in [-0.2, 0) is 24.7 Å². The second kappa shape index (κ2) is 14.3. The number of rotatable bonds is 11.